The number of nitrogens with zero attached hydrogens (tertiary/aromatic N) is 3. The smallest absolute Gasteiger partial charge is 0.282 e. The fraction of sp³-hybridized carbons (Fsp3) is 0.250. The number of ether oxygens (including phenoxy) is 1. The van der Waals surface area contributed by atoms with Crippen molar-refractivity contribution in [3.8, 4) is 5.19 Å². The van der Waals surface area contributed by atoms with Crippen LogP contribution in [0.15, 0.2) is 42.5 Å². The van der Waals surface area contributed by atoms with Crippen molar-refractivity contribution >= 4 is 49.0 Å². The van der Waals surface area contributed by atoms with Gasteiger partial charge in [-0.3, -0.25) is 4.79 Å². The van der Waals surface area contributed by atoms with Crippen LogP contribution >= 0.6 is 22.7 Å². The summed E-state index contributed by atoms with van der Waals surface area (Å²) in [5.41, 5.74) is 1.21. The first kappa shape index (κ1) is 17.5. The molecule has 0 radical (unpaired) electrons. The van der Waals surface area contributed by atoms with E-state index >= 15 is 0 Å². The topological polar surface area (TPSA) is 55.3 Å². The Morgan fingerprint density at radius 3 is 2.61 bits per heavy atom. The molecule has 5 nitrogen and oxygen atoms in total. The summed E-state index contributed by atoms with van der Waals surface area (Å²) in [6, 6.07) is 12.7. The highest BCUT2D eigenvalue weighted by Crippen LogP contribution is 2.31. The average molecular weight is 413 g/mol. The third-order valence-corrected chi connectivity index (χ3v) is 6.76. The summed E-state index contributed by atoms with van der Waals surface area (Å²) in [6.07, 6.45) is 1.41. The van der Waals surface area contributed by atoms with Crippen molar-refractivity contribution < 1.29 is 13.9 Å². The first-order valence-corrected chi connectivity index (χ1v) is 10.7. The van der Waals surface area contributed by atoms with E-state index in [2.05, 4.69) is 9.97 Å². The number of likely N-dealkylation sites (tertiary alicyclic amines) is 1. The van der Waals surface area contributed by atoms with Crippen molar-refractivity contribution in [1.29, 1.82) is 0 Å². The predicted octanol–water partition coefficient (Wildman–Crippen LogP) is 4.73. The van der Waals surface area contributed by atoms with E-state index in [0.29, 0.717) is 28.8 Å². The third-order valence-electron chi connectivity index (χ3n) is 4.82. The molecule has 1 amide bonds. The molecule has 0 spiro atoms. The Kier molecular flexibility index (Phi) is 4.44. The highest BCUT2D eigenvalue weighted by Gasteiger charge is 2.27. The summed E-state index contributed by atoms with van der Waals surface area (Å²) in [7, 11) is 0. The van der Waals surface area contributed by atoms with E-state index in [4.69, 9.17) is 4.74 Å². The number of carbonyl (C=O) groups is 1. The maximum Gasteiger partial charge on any atom is 0.282 e. The number of hydrogen-bond acceptors (Lipinski definition) is 6. The lowest BCUT2D eigenvalue weighted by Gasteiger charge is -2.31. The van der Waals surface area contributed by atoms with Crippen LogP contribution in [-0.2, 0) is 0 Å². The van der Waals surface area contributed by atoms with Crippen LogP contribution in [0, 0.1) is 5.82 Å². The fourth-order valence-electron chi connectivity index (χ4n) is 3.36. The monoisotopic (exact) mass is 413 g/mol. The minimum Gasteiger partial charge on any atom is -0.467 e. The molecule has 1 fully saturated rings. The molecule has 0 N–H and O–H groups in total. The zero-order valence-corrected chi connectivity index (χ0v) is 16.4. The molecule has 1 aliphatic heterocycles. The van der Waals surface area contributed by atoms with Gasteiger partial charge in [-0.05, 0) is 24.3 Å². The molecule has 0 saturated carbocycles. The van der Waals surface area contributed by atoms with Crippen LogP contribution in [0.2, 0.25) is 0 Å². The predicted molar refractivity (Wildman–Crippen MR) is 109 cm³/mol. The molecule has 1 saturated heterocycles. The number of amides is 1. The number of hydrogen-bond donors (Lipinski definition) is 0. The second-order valence-corrected chi connectivity index (χ2v) is 8.69. The van der Waals surface area contributed by atoms with Crippen LogP contribution in [0.1, 0.15) is 22.6 Å². The van der Waals surface area contributed by atoms with Gasteiger partial charge < -0.3 is 9.64 Å². The van der Waals surface area contributed by atoms with Gasteiger partial charge in [0, 0.05) is 25.9 Å². The van der Waals surface area contributed by atoms with Crippen molar-refractivity contribution in [2.24, 2.45) is 0 Å². The Morgan fingerprint density at radius 2 is 1.82 bits per heavy atom. The minimum absolute atomic E-state index is 0.0250. The molecule has 0 atom stereocenters. The molecular weight excluding hydrogens is 397 g/mol. The standard InChI is InChI=1S/C20H16FN3O2S2/c21-13-4-3-7-16-17(13)23-20(28-16)26-12-8-10-24(11-9-12)19(25)18-22-14-5-1-2-6-15(14)27-18/h1-7,12H,8-11H2. The zero-order chi connectivity index (χ0) is 19.1. The SMILES string of the molecule is O=C(c1nc2ccccc2s1)N1CCC(Oc2nc3c(F)cccc3s2)CC1. The van der Waals surface area contributed by atoms with Crippen molar-refractivity contribution in [1.82, 2.24) is 14.9 Å². The first-order valence-electron chi connectivity index (χ1n) is 9.04. The van der Waals surface area contributed by atoms with Gasteiger partial charge in [0.25, 0.3) is 11.1 Å². The molecule has 0 bridgehead atoms. The summed E-state index contributed by atoms with van der Waals surface area (Å²) in [5.74, 6) is -0.360. The van der Waals surface area contributed by atoms with Gasteiger partial charge in [-0.15, -0.1) is 11.3 Å². The van der Waals surface area contributed by atoms with Crippen LogP contribution in [0.25, 0.3) is 20.4 Å². The largest absolute Gasteiger partial charge is 0.467 e. The number of halogens is 1. The number of thiazole rings is 2. The van der Waals surface area contributed by atoms with Crippen LogP contribution in [0.5, 0.6) is 5.19 Å². The molecule has 4 aromatic rings. The van der Waals surface area contributed by atoms with Gasteiger partial charge in [0.05, 0.1) is 14.9 Å². The number of carbonyl (C=O) groups excluding carboxylic acids is 1. The van der Waals surface area contributed by atoms with E-state index in [1.807, 2.05) is 35.2 Å². The average Bonchev–Trinajstić information content (AvgIpc) is 3.32. The molecule has 142 valence electrons. The summed E-state index contributed by atoms with van der Waals surface area (Å²) in [4.78, 5) is 23.3. The van der Waals surface area contributed by atoms with Crippen molar-refractivity contribution in [3.05, 3.63) is 53.3 Å². The Labute approximate surface area is 168 Å². The van der Waals surface area contributed by atoms with Gasteiger partial charge in [0.1, 0.15) is 17.4 Å². The van der Waals surface area contributed by atoms with E-state index in [1.165, 1.54) is 28.7 Å². The van der Waals surface area contributed by atoms with Gasteiger partial charge >= 0.3 is 0 Å². The van der Waals surface area contributed by atoms with Gasteiger partial charge in [0.2, 0.25) is 0 Å². The van der Waals surface area contributed by atoms with Crippen LogP contribution < -0.4 is 4.74 Å². The Balaban J connectivity index is 1.24. The highest BCUT2D eigenvalue weighted by molar-refractivity contribution is 7.20. The summed E-state index contributed by atoms with van der Waals surface area (Å²) in [6.45, 7) is 1.22. The molecule has 3 heterocycles. The molecule has 28 heavy (non-hydrogen) atoms. The van der Waals surface area contributed by atoms with E-state index in [9.17, 15) is 9.18 Å². The van der Waals surface area contributed by atoms with Crippen molar-refractivity contribution in [2.75, 3.05) is 13.1 Å². The van der Waals surface area contributed by atoms with Crippen molar-refractivity contribution in [3.63, 3.8) is 0 Å². The lowest BCUT2D eigenvalue weighted by atomic mass is 10.1. The molecule has 8 heteroatoms. The lowest BCUT2D eigenvalue weighted by molar-refractivity contribution is 0.0595. The minimum atomic E-state index is -0.333. The number of piperidine rings is 1. The second-order valence-electron chi connectivity index (χ2n) is 6.66. The number of rotatable bonds is 3. The second kappa shape index (κ2) is 7.10. The molecule has 2 aromatic heterocycles. The zero-order valence-electron chi connectivity index (χ0n) is 14.8. The van der Waals surface area contributed by atoms with Gasteiger partial charge in [-0.1, -0.05) is 29.5 Å². The fourth-order valence-corrected chi connectivity index (χ4v) is 5.19. The van der Waals surface area contributed by atoms with E-state index in [0.717, 1.165) is 27.8 Å². The van der Waals surface area contributed by atoms with Gasteiger partial charge in [0.15, 0.2) is 5.01 Å². The Morgan fingerprint density at radius 1 is 1.04 bits per heavy atom. The van der Waals surface area contributed by atoms with Crippen molar-refractivity contribution in [2.45, 2.75) is 18.9 Å². The third kappa shape index (κ3) is 3.22. The normalized spacial score (nSPS) is 15.4. The summed E-state index contributed by atoms with van der Waals surface area (Å²) in [5, 5.41) is 1.01. The molecular formula is C20H16FN3O2S2. The summed E-state index contributed by atoms with van der Waals surface area (Å²) < 4.78 is 21.6. The molecule has 0 unspecified atom stereocenters. The number of aromatic nitrogens is 2. The highest BCUT2D eigenvalue weighted by atomic mass is 32.1. The van der Waals surface area contributed by atoms with Gasteiger partial charge in [-0.2, -0.15) is 4.98 Å². The van der Waals surface area contributed by atoms with Crippen LogP contribution in [0.4, 0.5) is 4.39 Å². The first-order chi connectivity index (χ1) is 13.7. The van der Waals surface area contributed by atoms with Crippen LogP contribution in [-0.4, -0.2) is 40.0 Å². The van der Waals surface area contributed by atoms with E-state index < -0.39 is 0 Å². The Bertz CT molecular complexity index is 1130. The van der Waals surface area contributed by atoms with E-state index in [-0.39, 0.29) is 17.8 Å². The quantitative estimate of drug-likeness (QED) is 0.487. The van der Waals surface area contributed by atoms with Crippen LogP contribution in [0.3, 0.4) is 0 Å². The molecule has 5 rings (SSSR count). The maximum absolute atomic E-state index is 13.8. The molecule has 2 aromatic carbocycles. The summed E-state index contributed by atoms with van der Waals surface area (Å²) >= 11 is 2.78. The number of benzene rings is 2. The van der Waals surface area contributed by atoms with E-state index in [1.54, 1.807) is 6.07 Å². The lowest BCUT2D eigenvalue weighted by Crippen LogP contribution is -2.41. The molecule has 1 aliphatic rings. The number of para-hydroxylation sites is 2. The molecule has 0 aliphatic carbocycles. The maximum atomic E-state index is 13.8. The number of fused-ring (bicyclic) bond motifs is 2. The van der Waals surface area contributed by atoms with Gasteiger partial charge in [-0.25, -0.2) is 9.37 Å². The Hall–Kier alpha value is -2.58.